The van der Waals surface area contributed by atoms with Gasteiger partial charge in [-0.1, -0.05) is 152 Å². The van der Waals surface area contributed by atoms with Crippen LogP contribution in [0.15, 0.2) is 188 Å². The lowest BCUT2D eigenvalue weighted by molar-refractivity contribution is 1.07. The zero-order chi connectivity index (χ0) is 34.0. The molecule has 0 atom stereocenters. The summed E-state index contributed by atoms with van der Waals surface area (Å²) in [4.78, 5) is 20.4. The molecule has 0 aliphatic carbocycles. The minimum absolute atomic E-state index is 0.595. The van der Waals surface area contributed by atoms with E-state index in [0.717, 1.165) is 67.1 Å². The first-order valence-corrected chi connectivity index (χ1v) is 17.0. The smallest absolute Gasteiger partial charge is 0.164 e. The molecule has 9 rings (SSSR count). The molecule has 0 saturated carbocycles. The van der Waals surface area contributed by atoms with Crippen LogP contribution < -0.4 is 0 Å². The normalized spacial score (nSPS) is 11.1. The number of hydrogen-bond donors (Lipinski definition) is 0. The molecule has 0 unspecified atom stereocenters. The number of nitrogens with zero attached hydrogens (tertiary/aromatic N) is 5. The average molecular weight is 654 g/mol. The lowest BCUT2D eigenvalue weighted by Gasteiger charge is -2.13. The number of fused-ring (bicyclic) bond motifs is 1. The van der Waals surface area contributed by atoms with Gasteiger partial charge in [-0.2, -0.15) is 0 Å². The van der Waals surface area contributed by atoms with Crippen molar-refractivity contribution < 1.29 is 0 Å². The largest absolute Gasteiger partial charge is 0.292 e. The molecule has 0 radical (unpaired) electrons. The molecule has 5 nitrogen and oxygen atoms in total. The quantitative estimate of drug-likeness (QED) is 0.172. The monoisotopic (exact) mass is 653 g/mol. The highest BCUT2D eigenvalue weighted by atomic mass is 15.1. The van der Waals surface area contributed by atoms with Crippen molar-refractivity contribution in [1.29, 1.82) is 0 Å². The van der Waals surface area contributed by atoms with E-state index in [1.165, 1.54) is 0 Å². The van der Waals surface area contributed by atoms with Gasteiger partial charge in [0.05, 0.1) is 11.0 Å². The summed E-state index contributed by atoms with van der Waals surface area (Å²) in [7, 11) is 0. The Morgan fingerprint density at radius 2 is 0.706 bits per heavy atom. The maximum Gasteiger partial charge on any atom is 0.164 e. The molecule has 2 aromatic heterocycles. The molecule has 5 heteroatoms. The van der Waals surface area contributed by atoms with Crippen molar-refractivity contribution in [3.8, 4) is 73.5 Å². The summed E-state index contributed by atoms with van der Waals surface area (Å²) >= 11 is 0. The molecule has 0 fully saturated rings. The van der Waals surface area contributed by atoms with Crippen molar-refractivity contribution in [3.05, 3.63) is 188 Å². The van der Waals surface area contributed by atoms with Gasteiger partial charge in [0, 0.05) is 27.9 Å². The van der Waals surface area contributed by atoms with Crippen molar-refractivity contribution in [3.63, 3.8) is 0 Å². The minimum atomic E-state index is 0.595. The molecule has 0 saturated heterocycles. The van der Waals surface area contributed by atoms with Crippen molar-refractivity contribution in [1.82, 2.24) is 24.5 Å². The molecule has 0 N–H and O–H groups in total. The van der Waals surface area contributed by atoms with E-state index in [1.54, 1.807) is 0 Å². The van der Waals surface area contributed by atoms with Crippen LogP contribution in [-0.4, -0.2) is 24.5 Å². The van der Waals surface area contributed by atoms with Gasteiger partial charge in [-0.25, -0.2) is 19.9 Å². The first-order valence-electron chi connectivity index (χ1n) is 17.0. The third-order valence-electron chi connectivity index (χ3n) is 9.05. The summed E-state index contributed by atoms with van der Waals surface area (Å²) in [5, 5.41) is 0. The van der Waals surface area contributed by atoms with E-state index in [-0.39, 0.29) is 0 Å². The van der Waals surface area contributed by atoms with Gasteiger partial charge in [0.25, 0.3) is 0 Å². The zero-order valence-electron chi connectivity index (χ0n) is 27.6. The molecule has 0 amide bonds. The van der Waals surface area contributed by atoms with E-state index >= 15 is 0 Å². The predicted octanol–water partition coefficient (Wildman–Crippen LogP) is 11.2. The van der Waals surface area contributed by atoms with Crippen molar-refractivity contribution >= 4 is 11.0 Å². The fourth-order valence-electron chi connectivity index (χ4n) is 6.55. The Morgan fingerprint density at radius 3 is 1.25 bits per heavy atom. The number of imidazole rings is 1. The summed E-state index contributed by atoms with van der Waals surface area (Å²) in [6.07, 6.45) is 0. The van der Waals surface area contributed by atoms with Crippen LogP contribution in [0.25, 0.3) is 84.5 Å². The molecule has 0 bridgehead atoms. The van der Waals surface area contributed by atoms with E-state index in [2.05, 4.69) is 156 Å². The molecule has 2 heterocycles. The lowest BCUT2D eigenvalue weighted by Crippen LogP contribution is -2.02. The van der Waals surface area contributed by atoms with Gasteiger partial charge in [0.15, 0.2) is 17.5 Å². The molecule has 0 spiro atoms. The summed E-state index contributed by atoms with van der Waals surface area (Å²) in [5.41, 5.74) is 11.2. The molecule has 240 valence electrons. The summed E-state index contributed by atoms with van der Waals surface area (Å²) < 4.78 is 2.21. The van der Waals surface area contributed by atoms with Crippen LogP contribution in [0.1, 0.15) is 0 Å². The van der Waals surface area contributed by atoms with Gasteiger partial charge in [-0.3, -0.25) is 4.57 Å². The second-order valence-corrected chi connectivity index (χ2v) is 12.4. The SMILES string of the molecule is c1ccc(-c2cccc(-c3nc(-c4cccc(-c5ccccc5)c4)nc(-c4cccc(-n5c(-c6ccccc6)nc6ccccc65)c4)n3)c2)cc1. The fourth-order valence-corrected chi connectivity index (χ4v) is 6.55. The first kappa shape index (κ1) is 30.1. The highest BCUT2D eigenvalue weighted by Gasteiger charge is 2.17. The molecular weight excluding hydrogens is 623 g/mol. The Morgan fingerprint density at radius 1 is 0.294 bits per heavy atom. The highest BCUT2D eigenvalue weighted by molar-refractivity contribution is 5.84. The minimum Gasteiger partial charge on any atom is -0.292 e. The number of aromatic nitrogens is 5. The van der Waals surface area contributed by atoms with Gasteiger partial charge in [0.1, 0.15) is 5.82 Å². The Hall–Kier alpha value is -6.98. The molecule has 9 aromatic rings. The van der Waals surface area contributed by atoms with Crippen molar-refractivity contribution in [2.45, 2.75) is 0 Å². The van der Waals surface area contributed by atoms with Crippen LogP contribution in [0.3, 0.4) is 0 Å². The Kier molecular flexibility index (Phi) is 7.76. The zero-order valence-corrected chi connectivity index (χ0v) is 27.6. The highest BCUT2D eigenvalue weighted by Crippen LogP contribution is 2.33. The van der Waals surface area contributed by atoms with Crippen LogP contribution in [-0.2, 0) is 0 Å². The maximum absolute atomic E-state index is 5.13. The van der Waals surface area contributed by atoms with Crippen LogP contribution in [0.5, 0.6) is 0 Å². The van der Waals surface area contributed by atoms with Crippen LogP contribution >= 0.6 is 0 Å². The fraction of sp³-hybridized carbons (Fsp3) is 0. The number of rotatable bonds is 7. The number of hydrogen-bond acceptors (Lipinski definition) is 4. The summed E-state index contributed by atoms with van der Waals surface area (Å²) in [5.74, 6) is 2.70. The third kappa shape index (κ3) is 5.98. The Balaban J connectivity index is 1.22. The molecule has 51 heavy (non-hydrogen) atoms. The lowest BCUT2D eigenvalue weighted by atomic mass is 10.0. The maximum atomic E-state index is 5.13. The second kappa shape index (κ2) is 13.1. The van der Waals surface area contributed by atoms with Crippen LogP contribution in [0, 0.1) is 0 Å². The van der Waals surface area contributed by atoms with E-state index in [1.807, 2.05) is 36.4 Å². The standard InChI is InChI=1S/C46H31N5/c1-4-15-32(16-5-1)35-21-12-23-37(29-35)43-48-44(38-24-13-22-36(30-38)33-17-6-2-7-18-33)50-45(49-43)39-25-14-26-40(31-39)51-42-28-11-10-27-41(42)47-46(51)34-19-8-3-9-20-34/h1-31H. The second-order valence-electron chi connectivity index (χ2n) is 12.4. The molecule has 0 aliphatic rings. The Bertz CT molecular complexity index is 2530. The number of para-hydroxylation sites is 2. The molecule has 7 aromatic carbocycles. The summed E-state index contributed by atoms with van der Waals surface area (Å²) in [6, 6.07) is 64.5. The van der Waals surface area contributed by atoms with E-state index in [0.29, 0.717) is 17.5 Å². The van der Waals surface area contributed by atoms with Crippen LogP contribution in [0.2, 0.25) is 0 Å². The molecular formula is C46H31N5. The average Bonchev–Trinajstić information content (AvgIpc) is 3.62. The van der Waals surface area contributed by atoms with Gasteiger partial charge in [0.2, 0.25) is 0 Å². The Labute approximate surface area is 296 Å². The van der Waals surface area contributed by atoms with Crippen LogP contribution in [0.4, 0.5) is 0 Å². The van der Waals surface area contributed by atoms with Gasteiger partial charge < -0.3 is 0 Å². The summed E-state index contributed by atoms with van der Waals surface area (Å²) in [6.45, 7) is 0. The topological polar surface area (TPSA) is 56.5 Å². The predicted molar refractivity (Wildman–Crippen MR) is 207 cm³/mol. The third-order valence-corrected chi connectivity index (χ3v) is 9.05. The van der Waals surface area contributed by atoms with E-state index < -0.39 is 0 Å². The van der Waals surface area contributed by atoms with Gasteiger partial charge >= 0.3 is 0 Å². The van der Waals surface area contributed by atoms with Gasteiger partial charge in [-0.15, -0.1) is 0 Å². The molecule has 0 aliphatic heterocycles. The first-order chi connectivity index (χ1) is 25.3. The van der Waals surface area contributed by atoms with Gasteiger partial charge in [-0.05, 0) is 58.7 Å². The van der Waals surface area contributed by atoms with Crippen molar-refractivity contribution in [2.75, 3.05) is 0 Å². The number of benzene rings is 7. The van der Waals surface area contributed by atoms with Crippen molar-refractivity contribution in [2.24, 2.45) is 0 Å². The van der Waals surface area contributed by atoms with E-state index in [9.17, 15) is 0 Å². The van der Waals surface area contributed by atoms with E-state index in [4.69, 9.17) is 19.9 Å².